The second kappa shape index (κ2) is 5.17. The van der Waals surface area contributed by atoms with Gasteiger partial charge in [-0.15, -0.1) is 0 Å². The number of ether oxygens (including phenoxy) is 1. The second-order valence-corrected chi connectivity index (χ2v) is 5.29. The summed E-state index contributed by atoms with van der Waals surface area (Å²) in [5, 5.41) is 0.852. The summed E-state index contributed by atoms with van der Waals surface area (Å²) < 4.78 is 11.4. The maximum Gasteiger partial charge on any atom is 0.232 e. The van der Waals surface area contributed by atoms with Crippen LogP contribution < -0.4 is 4.74 Å². The van der Waals surface area contributed by atoms with E-state index in [4.69, 9.17) is 9.15 Å². The fourth-order valence-corrected chi connectivity index (χ4v) is 2.81. The van der Waals surface area contributed by atoms with Crippen LogP contribution in [0.1, 0.15) is 25.7 Å². The van der Waals surface area contributed by atoms with Crippen LogP contribution in [-0.2, 0) is 0 Å². The number of hydrogen-bond acceptors (Lipinski definition) is 5. The highest BCUT2D eigenvalue weighted by Gasteiger charge is 2.29. The standard InChI is InChI=1S/C14H19N3O2/c1-17(2)11-5-3-4-6-12(11)19-14-10-7-8-18-13(10)15-9-16-14/h7-9,11-12H,3-6H2,1-2H3. The Kier molecular flexibility index (Phi) is 3.38. The molecule has 2 unspecified atom stereocenters. The predicted molar refractivity (Wildman–Crippen MR) is 72.2 cm³/mol. The van der Waals surface area contributed by atoms with Gasteiger partial charge in [-0.1, -0.05) is 6.42 Å². The van der Waals surface area contributed by atoms with Crippen molar-refractivity contribution in [2.24, 2.45) is 0 Å². The topological polar surface area (TPSA) is 51.4 Å². The number of fused-ring (bicyclic) bond motifs is 1. The molecule has 2 aromatic rings. The SMILES string of the molecule is CN(C)C1CCCCC1Oc1ncnc2occc12. The molecule has 0 radical (unpaired) electrons. The van der Waals surface area contributed by atoms with Crippen LogP contribution in [0.25, 0.3) is 11.1 Å². The highest BCUT2D eigenvalue weighted by molar-refractivity contribution is 5.78. The Bertz CT molecular complexity index is 552. The molecule has 3 rings (SSSR count). The van der Waals surface area contributed by atoms with Gasteiger partial charge in [-0.05, 0) is 39.4 Å². The molecule has 0 aliphatic heterocycles. The Balaban J connectivity index is 1.85. The third-order valence-electron chi connectivity index (χ3n) is 3.82. The van der Waals surface area contributed by atoms with Crippen LogP contribution in [0.4, 0.5) is 0 Å². The minimum absolute atomic E-state index is 0.191. The van der Waals surface area contributed by atoms with Gasteiger partial charge >= 0.3 is 0 Å². The van der Waals surface area contributed by atoms with Crippen molar-refractivity contribution in [1.29, 1.82) is 0 Å². The first-order valence-corrected chi connectivity index (χ1v) is 6.77. The van der Waals surface area contributed by atoms with Crippen LogP contribution in [0, 0.1) is 0 Å². The molecule has 2 atom stereocenters. The number of aromatic nitrogens is 2. The molecule has 2 aromatic heterocycles. The van der Waals surface area contributed by atoms with Crippen molar-refractivity contribution >= 4 is 11.1 Å². The Morgan fingerprint density at radius 2 is 2.11 bits per heavy atom. The highest BCUT2D eigenvalue weighted by Crippen LogP contribution is 2.29. The third-order valence-corrected chi connectivity index (χ3v) is 3.82. The lowest BCUT2D eigenvalue weighted by atomic mass is 9.91. The highest BCUT2D eigenvalue weighted by atomic mass is 16.5. The minimum Gasteiger partial charge on any atom is -0.472 e. The van der Waals surface area contributed by atoms with Gasteiger partial charge < -0.3 is 14.1 Å². The lowest BCUT2D eigenvalue weighted by Gasteiger charge is -2.35. The van der Waals surface area contributed by atoms with Crippen molar-refractivity contribution < 1.29 is 9.15 Å². The summed E-state index contributed by atoms with van der Waals surface area (Å²) in [7, 11) is 4.22. The van der Waals surface area contributed by atoms with E-state index in [0.29, 0.717) is 17.6 Å². The summed E-state index contributed by atoms with van der Waals surface area (Å²) in [6.45, 7) is 0. The molecule has 0 aromatic carbocycles. The fourth-order valence-electron chi connectivity index (χ4n) is 2.81. The number of hydrogen-bond donors (Lipinski definition) is 0. The van der Waals surface area contributed by atoms with E-state index in [-0.39, 0.29) is 6.10 Å². The first-order chi connectivity index (χ1) is 9.25. The molecule has 1 aliphatic rings. The maximum atomic E-state index is 6.15. The molecule has 5 nitrogen and oxygen atoms in total. The van der Waals surface area contributed by atoms with Gasteiger partial charge in [0, 0.05) is 6.04 Å². The quantitative estimate of drug-likeness (QED) is 0.849. The third kappa shape index (κ3) is 2.42. The van der Waals surface area contributed by atoms with Crippen LogP contribution in [0.2, 0.25) is 0 Å². The summed E-state index contributed by atoms with van der Waals surface area (Å²) in [6.07, 6.45) is 8.05. The van der Waals surface area contributed by atoms with Crippen molar-refractivity contribution in [3.63, 3.8) is 0 Å². The normalized spacial score (nSPS) is 23.9. The molecule has 1 fully saturated rings. The number of furan rings is 1. The minimum atomic E-state index is 0.191. The molecular formula is C14H19N3O2. The number of likely N-dealkylation sites (N-methyl/N-ethyl adjacent to an activating group) is 1. The van der Waals surface area contributed by atoms with E-state index in [1.807, 2.05) is 6.07 Å². The largest absolute Gasteiger partial charge is 0.472 e. The van der Waals surface area contributed by atoms with Gasteiger partial charge in [0.05, 0.1) is 6.26 Å². The van der Waals surface area contributed by atoms with Crippen molar-refractivity contribution in [1.82, 2.24) is 14.9 Å². The summed E-state index contributed by atoms with van der Waals surface area (Å²) in [5.41, 5.74) is 0.585. The summed E-state index contributed by atoms with van der Waals surface area (Å²) >= 11 is 0. The molecule has 1 saturated carbocycles. The van der Waals surface area contributed by atoms with Gasteiger partial charge in [-0.25, -0.2) is 9.97 Å². The molecule has 5 heteroatoms. The molecular weight excluding hydrogens is 242 g/mol. The van der Waals surface area contributed by atoms with Crippen LogP contribution in [0.15, 0.2) is 23.1 Å². The van der Waals surface area contributed by atoms with E-state index in [1.165, 1.54) is 25.6 Å². The summed E-state index contributed by atoms with van der Waals surface area (Å²) in [5.74, 6) is 0.637. The maximum absolute atomic E-state index is 6.15. The fraction of sp³-hybridized carbons (Fsp3) is 0.571. The van der Waals surface area contributed by atoms with Crippen LogP contribution in [-0.4, -0.2) is 41.1 Å². The van der Waals surface area contributed by atoms with E-state index < -0.39 is 0 Å². The van der Waals surface area contributed by atoms with Gasteiger partial charge in [0.1, 0.15) is 17.8 Å². The monoisotopic (exact) mass is 261 g/mol. The predicted octanol–water partition coefficient (Wildman–Crippen LogP) is 2.47. The van der Waals surface area contributed by atoms with Gasteiger partial charge in [0.25, 0.3) is 0 Å². The summed E-state index contributed by atoms with van der Waals surface area (Å²) in [6, 6.07) is 2.31. The molecule has 0 N–H and O–H groups in total. The van der Waals surface area contributed by atoms with E-state index >= 15 is 0 Å². The van der Waals surface area contributed by atoms with Crippen LogP contribution in [0.3, 0.4) is 0 Å². The molecule has 1 aliphatic carbocycles. The van der Waals surface area contributed by atoms with Crippen LogP contribution in [0.5, 0.6) is 5.88 Å². The zero-order chi connectivity index (χ0) is 13.2. The first kappa shape index (κ1) is 12.4. The zero-order valence-electron chi connectivity index (χ0n) is 11.4. The average molecular weight is 261 g/mol. The molecule has 102 valence electrons. The van der Waals surface area contributed by atoms with E-state index in [2.05, 4.69) is 29.0 Å². The lowest BCUT2D eigenvalue weighted by Crippen LogP contribution is -2.44. The molecule has 0 amide bonds. The average Bonchev–Trinajstić information content (AvgIpc) is 2.88. The molecule has 0 spiro atoms. The van der Waals surface area contributed by atoms with Crippen molar-refractivity contribution in [3.05, 3.63) is 18.7 Å². The molecule has 0 saturated heterocycles. The number of rotatable bonds is 3. The Labute approximate surface area is 112 Å². The smallest absolute Gasteiger partial charge is 0.232 e. The lowest BCUT2D eigenvalue weighted by molar-refractivity contribution is 0.0600. The summed E-state index contributed by atoms with van der Waals surface area (Å²) in [4.78, 5) is 10.6. The molecule has 19 heavy (non-hydrogen) atoms. The van der Waals surface area contributed by atoms with E-state index in [0.717, 1.165) is 11.8 Å². The van der Waals surface area contributed by atoms with Crippen molar-refractivity contribution in [2.45, 2.75) is 37.8 Å². The Morgan fingerprint density at radius 3 is 2.95 bits per heavy atom. The molecule has 2 heterocycles. The van der Waals surface area contributed by atoms with Gasteiger partial charge in [-0.2, -0.15) is 0 Å². The van der Waals surface area contributed by atoms with E-state index in [1.54, 1.807) is 6.26 Å². The van der Waals surface area contributed by atoms with Crippen molar-refractivity contribution in [2.75, 3.05) is 14.1 Å². The first-order valence-electron chi connectivity index (χ1n) is 6.77. The molecule has 0 bridgehead atoms. The zero-order valence-corrected chi connectivity index (χ0v) is 11.4. The van der Waals surface area contributed by atoms with Crippen LogP contribution >= 0.6 is 0 Å². The van der Waals surface area contributed by atoms with Gasteiger partial charge in [-0.3, -0.25) is 0 Å². The number of nitrogens with zero attached hydrogens (tertiary/aromatic N) is 3. The Morgan fingerprint density at radius 1 is 1.26 bits per heavy atom. The van der Waals surface area contributed by atoms with Gasteiger partial charge in [0.2, 0.25) is 11.6 Å². The Hall–Kier alpha value is -1.62. The van der Waals surface area contributed by atoms with Crippen molar-refractivity contribution in [3.8, 4) is 5.88 Å². The second-order valence-electron chi connectivity index (χ2n) is 5.29. The van der Waals surface area contributed by atoms with Gasteiger partial charge in [0.15, 0.2) is 0 Å². The van der Waals surface area contributed by atoms with E-state index in [9.17, 15) is 0 Å².